The topological polar surface area (TPSA) is 64.4 Å². The zero-order chi connectivity index (χ0) is 14.5. The van der Waals surface area contributed by atoms with Gasteiger partial charge in [0.25, 0.3) is 0 Å². The second-order valence-electron chi connectivity index (χ2n) is 5.60. The lowest BCUT2D eigenvalue weighted by atomic mass is 9.93. The molecule has 1 aromatic rings. The van der Waals surface area contributed by atoms with Crippen molar-refractivity contribution in [1.29, 1.82) is 0 Å². The highest BCUT2D eigenvalue weighted by atomic mass is 16.6. The van der Waals surface area contributed by atoms with E-state index in [1.165, 1.54) is 0 Å². The molecule has 0 aliphatic carbocycles. The average Bonchev–Trinajstić information content (AvgIpc) is 2.27. The van der Waals surface area contributed by atoms with Crippen LogP contribution in [0.2, 0.25) is 0 Å². The van der Waals surface area contributed by atoms with Crippen molar-refractivity contribution in [2.45, 2.75) is 34.1 Å². The number of ether oxygens (including phenoxy) is 1. The molecule has 5 nitrogen and oxygen atoms in total. The molecule has 0 bridgehead atoms. The minimum absolute atomic E-state index is 0.0123. The normalized spacial score (nSPS) is 11.2. The van der Waals surface area contributed by atoms with Crippen molar-refractivity contribution in [3.63, 3.8) is 0 Å². The molecule has 0 saturated carbocycles. The summed E-state index contributed by atoms with van der Waals surface area (Å²) in [5.41, 5.74) is 0.660. The summed E-state index contributed by atoms with van der Waals surface area (Å²) >= 11 is 0. The van der Waals surface area contributed by atoms with Crippen LogP contribution < -0.4 is 10.1 Å². The van der Waals surface area contributed by atoms with Crippen molar-refractivity contribution >= 4 is 11.4 Å². The zero-order valence-corrected chi connectivity index (χ0v) is 12.0. The second kappa shape index (κ2) is 6.41. The first kappa shape index (κ1) is 15.3. The third kappa shape index (κ3) is 4.77. The van der Waals surface area contributed by atoms with Gasteiger partial charge in [-0.1, -0.05) is 26.8 Å². The van der Waals surface area contributed by atoms with Gasteiger partial charge in [0.2, 0.25) is 0 Å². The van der Waals surface area contributed by atoms with Gasteiger partial charge in [-0.3, -0.25) is 10.1 Å². The Bertz CT molecular complexity index is 439. The summed E-state index contributed by atoms with van der Waals surface area (Å²) in [7, 11) is 0. The number of nitrogens with zero attached hydrogens (tertiary/aromatic N) is 1. The standard InChI is InChI=1S/C14H22N2O3/c1-5-15-11-7-6-8-12(13(11)16(17)18)19-10-9-14(2,3)4/h6-8,15H,5,9-10H2,1-4H3. The molecule has 5 heteroatoms. The molecule has 0 saturated heterocycles. The number of nitro groups is 1. The summed E-state index contributed by atoms with van der Waals surface area (Å²) in [4.78, 5) is 10.8. The number of hydrogen-bond donors (Lipinski definition) is 1. The van der Waals surface area contributed by atoms with Crippen LogP contribution in [0.5, 0.6) is 5.75 Å². The van der Waals surface area contributed by atoms with Gasteiger partial charge in [0, 0.05) is 6.54 Å². The van der Waals surface area contributed by atoms with E-state index in [0.717, 1.165) is 6.42 Å². The Hall–Kier alpha value is -1.78. The van der Waals surface area contributed by atoms with Gasteiger partial charge in [0.05, 0.1) is 11.5 Å². The molecular formula is C14H22N2O3. The van der Waals surface area contributed by atoms with Crippen LogP contribution >= 0.6 is 0 Å². The number of anilines is 1. The van der Waals surface area contributed by atoms with Crippen molar-refractivity contribution in [1.82, 2.24) is 0 Å². The molecule has 0 radical (unpaired) electrons. The Morgan fingerprint density at radius 3 is 2.58 bits per heavy atom. The number of benzene rings is 1. The summed E-state index contributed by atoms with van der Waals surface area (Å²) in [6, 6.07) is 5.09. The predicted molar refractivity (Wildman–Crippen MR) is 76.8 cm³/mol. The van der Waals surface area contributed by atoms with Crippen molar-refractivity contribution in [3.05, 3.63) is 28.3 Å². The fourth-order valence-corrected chi connectivity index (χ4v) is 1.63. The molecule has 1 rings (SSSR count). The molecule has 0 fully saturated rings. The third-order valence-electron chi connectivity index (χ3n) is 2.66. The minimum atomic E-state index is -0.398. The van der Waals surface area contributed by atoms with E-state index in [-0.39, 0.29) is 11.1 Å². The number of nitrogens with one attached hydrogen (secondary N) is 1. The molecule has 1 N–H and O–H groups in total. The maximum atomic E-state index is 11.2. The first-order valence-electron chi connectivity index (χ1n) is 6.49. The maximum Gasteiger partial charge on any atom is 0.333 e. The van der Waals surface area contributed by atoms with Gasteiger partial charge >= 0.3 is 5.69 Å². The van der Waals surface area contributed by atoms with Crippen LogP contribution in [0.1, 0.15) is 34.1 Å². The quantitative estimate of drug-likeness (QED) is 0.627. The van der Waals surface area contributed by atoms with Crippen molar-refractivity contribution in [2.75, 3.05) is 18.5 Å². The number of para-hydroxylation sites is 1. The van der Waals surface area contributed by atoms with Crippen LogP contribution in [0, 0.1) is 15.5 Å². The second-order valence-corrected chi connectivity index (χ2v) is 5.60. The van der Waals surface area contributed by atoms with Gasteiger partial charge in [-0.05, 0) is 30.9 Å². The van der Waals surface area contributed by atoms with Gasteiger partial charge in [-0.25, -0.2) is 0 Å². The molecule has 106 valence electrons. The monoisotopic (exact) mass is 266 g/mol. The Kier molecular flexibility index (Phi) is 5.15. The molecule has 0 aliphatic heterocycles. The summed E-state index contributed by atoms with van der Waals surface area (Å²) in [5.74, 6) is 0.327. The molecule has 0 unspecified atom stereocenters. The smallest absolute Gasteiger partial charge is 0.333 e. The van der Waals surface area contributed by atoms with Crippen molar-refractivity contribution in [3.8, 4) is 5.75 Å². The summed E-state index contributed by atoms with van der Waals surface area (Å²) in [6.07, 6.45) is 0.843. The van der Waals surface area contributed by atoms with Gasteiger partial charge in [-0.15, -0.1) is 0 Å². The molecule has 1 aromatic carbocycles. The molecule has 0 amide bonds. The van der Waals surface area contributed by atoms with Crippen molar-refractivity contribution in [2.24, 2.45) is 5.41 Å². The van der Waals surface area contributed by atoms with Crippen LogP contribution in [0.15, 0.2) is 18.2 Å². The molecular weight excluding hydrogens is 244 g/mol. The zero-order valence-electron chi connectivity index (χ0n) is 12.0. The lowest BCUT2D eigenvalue weighted by Crippen LogP contribution is -2.12. The number of hydrogen-bond acceptors (Lipinski definition) is 4. The van der Waals surface area contributed by atoms with Crippen LogP contribution in [0.25, 0.3) is 0 Å². The van der Waals surface area contributed by atoms with E-state index in [9.17, 15) is 10.1 Å². The molecule has 0 heterocycles. The molecule has 0 aliphatic rings. The molecule has 0 aromatic heterocycles. The van der Waals surface area contributed by atoms with Gasteiger partial charge in [0.1, 0.15) is 5.69 Å². The SMILES string of the molecule is CCNc1cccc(OCCC(C)(C)C)c1[N+](=O)[O-]. The lowest BCUT2D eigenvalue weighted by Gasteiger charge is -2.18. The van der Waals surface area contributed by atoms with E-state index in [1.54, 1.807) is 18.2 Å². The first-order valence-corrected chi connectivity index (χ1v) is 6.49. The van der Waals surface area contributed by atoms with Gasteiger partial charge < -0.3 is 10.1 Å². The number of nitro benzene ring substituents is 1. The molecule has 0 spiro atoms. The van der Waals surface area contributed by atoms with E-state index >= 15 is 0 Å². The Morgan fingerprint density at radius 2 is 2.05 bits per heavy atom. The summed E-state index contributed by atoms with van der Waals surface area (Å²) < 4.78 is 5.58. The fraction of sp³-hybridized carbons (Fsp3) is 0.571. The minimum Gasteiger partial charge on any atom is -0.487 e. The highest BCUT2D eigenvalue weighted by Gasteiger charge is 2.21. The largest absolute Gasteiger partial charge is 0.487 e. The van der Waals surface area contributed by atoms with Gasteiger partial charge in [-0.2, -0.15) is 0 Å². The summed E-state index contributed by atoms with van der Waals surface area (Å²) in [6.45, 7) is 9.34. The average molecular weight is 266 g/mol. The van der Waals surface area contributed by atoms with E-state index in [2.05, 4.69) is 26.1 Å². The fourth-order valence-electron chi connectivity index (χ4n) is 1.63. The third-order valence-corrected chi connectivity index (χ3v) is 2.66. The highest BCUT2D eigenvalue weighted by molar-refractivity contribution is 5.68. The van der Waals surface area contributed by atoms with E-state index in [4.69, 9.17) is 4.74 Å². The van der Waals surface area contributed by atoms with Crippen LogP contribution in [0.3, 0.4) is 0 Å². The Morgan fingerprint density at radius 1 is 1.37 bits per heavy atom. The lowest BCUT2D eigenvalue weighted by molar-refractivity contribution is -0.385. The predicted octanol–water partition coefficient (Wildman–Crippen LogP) is 3.84. The Labute approximate surface area is 114 Å². The van der Waals surface area contributed by atoms with Gasteiger partial charge in [0.15, 0.2) is 5.75 Å². The summed E-state index contributed by atoms with van der Waals surface area (Å²) in [5, 5.41) is 14.1. The van der Waals surface area contributed by atoms with Crippen LogP contribution in [0.4, 0.5) is 11.4 Å². The first-order chi connectivity index (χ1) is 8.85. The van der Waals surface area contributed by atoms with E-state index in [1.807, 2.05) is 6.92 Å². The van der Waals surface area contributed by atoms with E-state index in [0.29, 0.717) is 24.6 Å². The molecule has 0 atom stereocenters. The Balaban J connectivity index is 2.87. The highest BCUT2D eigenvalue weighted by Crippen LogP contribution is 2.35. The van der Waals surface area contributed by atoms with Crippen molar-refractivity contribution < 1.29 is 9.66 Å². The molecule has 19 heavy (non-hydrogen) atoms. The van der Waals surface area contributed by atoms with Crippen LogP contribution in [-0.4, -0.2) is 18.1 Å². The van der Waals surface area contributed by atoms with Crippen LogP contribution in [-0.2, 0) is 0 Å². The maximum absolute atomic E-state index is 11.2. The van der Waals surface area contributed by atoms with E-state index < -0.39 is 4.92 Å². The number of rotatable bonds is 6.